The van der Waals surface area contributed by atoms with Gasteiger partial charge in [-0.3, -0.25) is 0 Å². The van der Waals surface area contributed by atoms with Gasteiger partial charge in [-0.05, 0) is 17.7 Å². The molecule has 4 rings (SSSR count). The van der Waals surface area contributed by atoms with Crippen molar-refractivity contribution in [1.29, 1.82) is 0 Å². The lowest BCUT2D eigenvalue weighted by molar-refractivity contribution is -0.969. The summed E-state index contributed by atoms with van der Waals surface area (Å²) >= 11 is 0. The molecule has 0 bridgehead atoms. The van der Waals surface area contributed by atoms with Gasteiger partial charge in [0.25, 0.3) is 0 Å². The predicted molar refractivity (Wildman–Crippen MR) is 113 cm³/mol. The summed E-state index contributed by atoms with van der Waals surface area (Å²) in [6, 6.07) is 27.4. The minimum atomic E-state index is 0.812. The van der Waals surface area contributed by atoms with Crippen molar-refractivity contribution in [2.75, 3.05) is 19.6 Å². The Morgan fingerprint density at radius 1 is 0.852 bits per heavy atom. The predicted octanol–water partition coefficient (Wildman–Crippen LogP) is 2.49. The van der Waals surface area contributed by atoms with Gasteiger partial charge < -0.3 is 9.80 Å². The summed E-state index contributed by atoms with van der Waals surface area (Å²) in [5.74, 6) is 0. The van der Waals surface area contributed by atoms with Crippen LogP contribution in [0.25, 0.3) is 10.8 Å². The lowest BCUT2D eigenvalue weighted by Crippen LogP contribution is -3.19. The van der Waals surface area contributed by atoms with Gasteiger partial charge in [0.05, 0.1) is 25.7 Å². The molecular formula is C25H32N2+2. The number of fused-ring (bicyclic) bond motifs is 1. The lowest BCUT2D eigenvalue weighted by Gasteiger charge is -2.34. The molecule has 1 aliphatic rings. The van der Waals surface area contributed by atoms with Crippen LogP contribution < -0.4 is 9.80 Å². The standard InChI is InChI=1S/C25H30N2/c1-2-27(19-21-9-4-3-5-10-21)24-15-17-26(18-16-24)20-23-13-8-12-22-11-6-7-14-25(22)23/h3-14,24H,2,15-20H2,1H3/p+2. The third kappa shape index (κ3) is 4.40. The molecule has 3 aromatic rings. The second-order valence-corrected chi connectivity index (χ2v) is 8.01. The summed E-state index contributed by atoms with van der Waals surface area (Å²) in [5.41, 5.74) is 2.98. The van der Waals surface area contributed by atoms with E-state index in [0.717, 1.165) is 12.6 Å². The first-order chi connectivity index (χ1) is 13.3. The van der Waals surface area contributed by atoms with E-state index in [0.29, 0.717) is 0 Å². The van der Waals surface area contributed by atoms with Crippen molar-refractivity contribution < 1.29 is 9.80 Å². The van der Waals surface area contributed by atoms with E-state index in [-0.39, 0.29) is 0 Å². The van der Waals surface area contributed by atoms with E-state index in [1.807, 2.05) is 0 Å². The maximum Gasteiger partial charge on any atom is 0.103 e. The van der Waals surface area contributed by atoms with Crippen LogP contribution >= 0.6 is 0 Å². The fourth-order valence-corrected chi connectivity index (χ4v) is 4.74. The Kier molecular flexibility index (Phi) is 5.86. The zero-order chi connectivity index (χ0) is 18.5. The normalized spacial score (nSPS) is 21.2. The van der Waals surface area contributed by atoms with E-state index in [1.165, 1.54) is 60.9 Å². The summed E-state index contributed by atoms with van der Waals surface area (Å²) in [7, 11) is 0. The van der Waals surface area contributed by atoms with E-state index in [9.17, 15) is 0 Å². The number of rotatable bonds is 6. The van der Waals surface area contributed by atoms with Crippen molar-refractivity contribution >= 4 is 10.8 Å². The molecule has 1 aliphatic heterocycles. The Morgan fingerprint density at radius 2 is 1.56 bits per heavy atom. The molecule has 3 aromatic carbocycles. The van der Waals surface area contributed by atoms with Gasteiger partial charge in [-0.15, -0.1) is 0 Å². The molecule has 0 spiro atoms. The van der Waals surface area contributed by atoms with E-state index in [2.05, 4.69) is 79.7 Å². The molecule has 140 valence electrons. The zero-order valence-electron chi connectivity index (χ0n) is 16.5. The number of piperidine rings is 1. The summed E-state index contributed by atoms with van der Waals surface area (Å²) in [6.45, 7) is 8.49. The second kappa shape index (κ2) is 8.69. The minimum absolute atomic E-state index is 0.812. The van der Waals surface area contributed by atoms with Crippen molar-refractivity contribution in [3.8, 4) is 0 Å². The van der Waals surface area contributed by atoms with Crippen LogP contribution in [-0.2, 0) is 13.1 Å². The van der Waals surface area contributed by atoms with Crippen LogP contribution in [0.2, 0.25) is 0 Å². The number of hydrogen-bond donors (Lipinski definition) is 2. The fraction of sp³-hybridized carbons (Fsp3) is 0.360. The van der Waals surface area contributed by atoms with Gasteiger partial charge in [0.15, 0.2) is 0 Å². The number of hydrogen-bond acceptors (Lipinski definition) is 0. The minimum Gasteiger partial charge on any atom is -0.331 e. The highest BCUT2D eigenvalue weighted by Crippen LogP contribution is 2.17. The maximum atomic E-state index is 2.34. The smallest absolute Gasteiger partial charge is 0.103 e. The number of benzene rings is 3. The van der Waals surface area contributed by atoms with Crippen LogP contribution in [0.3, 0.4) is 0 Å². The third-order valence-corrected chi connectivity index (χ3v) is 6.32. The van der Waals surface area contributed by atoms with Crippen LogP contribution in [0.5, 0.6) is 0 Å². The van der Waals surface area contributed by atoms with Crippen molar-refractivity contribution in [3.63, 3.8) is 0 Å². The molecule has 0 radical (unpaired) electrons. The molecule has 27 heavy (non-hydrogen) atoms. The SMILES string of the molecule is CC[NH+](Cc1ccccc1)C1CC[NH+](Cc2cccc3ccccc23)CC1. The quantitative estimate of drug-likeness (QED) is 0.668. The fourth-order valence-electron chi connectivity index (χ4n) is 4.74. The average Bonchev–Trinajstić information content (AvgIpc) is 2.74. The molecule has 1 saturated heterocycles. The number of likely N-dealkylation sites (tertiary alicyclic amines) is 1. The van der Waals surface area contributed by atoms with Crippen LogP contribution in [-0.4, -0.2) is 25.7 Å². The molecule has 0 aliphatic carbocycles. The number of quaternary nitrogens is 2. The first kappa shape index (κ1) is 18.2. The molecule has 1 heterocycles. The van der Waals surface area contributed by atoms with Crippen molar-refractivity contribution in [2.24, 2.45) is 0 Å². The van der Waals surface area contributed by atoms with E-state index in [1.54, 1.807) is 9.80 Å². The van der Waals surface area contributed by atoms with Gasteiger partial charge in [0, 0.05) is 24.0 Å². The molecule has 0 saturated carbocycles. The van der Waals surface area contributed by atoms with Crippen molar-refractivity contribution in [3.05, 3.63) is 83.9 Å². The van der Waals surface area contributed by atoms with Crippen LogP contribution in [0, 0.1) is 0 Å². The molecule has 1 atom stereocenters. The maximum absolute atomic E-state index is 2.34. The Balaban J connectivity index is 1.37. The number of nitrogens with one attached hydrogen (secondary N) is 2. The van der Waals surface area contributed by atoms with Gasteiger partial charge in [-0.1, -0.05) is 72.8 Å². The van der Waals surface area contributed by atoms with Crippen molar-refractivity contribution in [2.45, 2.75) is 38.9 Å². The summed E-state index contributed by atoms with van der Waals surface area (Å²) in [5, 5.41) is 2.80. The first-order valence-corrected chi connectivity index (χ1v) is 10.5. The average molecular weight is 361 g/mol. The van der Waals surface area contributed by atoms with Gasteiger partial charge in [-0.2, -0.15) is 0 Å². The largest absolute Gasteiger partial charge is 0.331 e. The molecule has 0 aromatic heterocycles. The van der Waals surface area contributed by atoms with Gasteiger partial charge in [0.1, 0.15) is 13.1 Å². The van der Waals surface area contributed by atoms with Crippen LogP contribution in [0.15, 0.2) is 72.8 Å². The molecule has 2 nitrogen and oxygen atoms in total. The Labute approximate surface area is 163 Å². The molecule has 1 fully saturated rings. The van der Waals surface area contributed by atoms with Gasteiger partial charge in [0.2, 0.25) is 0 Å². The molecular weight excluding hydrogens is 328 g/mol. The summed E-state index contributed by atoms with van der Waals surface area (Å²) in [4.78, 5) is 3.50. The monoisotopic (exact) mass is 360 g/mol. The lowest BCUT2D eigenvalue weighted by atomic mass is 10.00. The van der Waals surface area contributed by atoms with Gasteiger partial charge in [-0.25, -0.2) is 0 Å². The molecule has 1 unspecified atom stereocenters. The van der Waals surface area contributed by atoms with Crippen molar-refractivity contribution in [1.82, 2.24) is 0 Å². The molecule has 2 N–H and O–H groups in total. The van der Waals surface area contributed by atoms with Gasteiger partial charge >= 0.3 is 0 Å². The highest BCUT2D eigenvalue weighted by molar-refractivity contribution is 5.85. The highest BCUT2D eigenvalue weighted by Gasteiger charge is 2.29. The van der Waals surface area contributed by atoms with Crippen LogP contribution in [0.4, 0.5) is 0 Å². The third-order valence-electron chi connectivity index (χ3n) is 6.32. The Bertz CT molecular complexity index is 845. The van der Waals surface area contributed by atoms with E-state index >= 15 is 0 Å². The second-order valence-electron chi connectivity index (χ2n) is 8.01. The Hall–Kier alpha value is -2.16. The van der Waals surface area contributed by atoms with E-state index < -0.39 is 0 Å². The zero-order valence-corrected chi connectivity index (χ0v) is 16.5. The summed E-state index contributed by atoms with van der Waals surface area (Å²) < 4.78 is 0. The van der Waals surface area contributed by atoms with E-state index in [4.69, 9.17) is 0 Å². The first-order valence-electron chi connectivity index (χ1n) is 10.5. The highest BCUT2D eigenvalue weighted by atomic mass is 15.2. The Morgan fingerprint density at radius 3 is 2.33 bits per heavy atom. The molecule has 0 amide bonds. The van der Waals surface area contributed by atoms with Crippen LogP contribution in [0.1, 0.15) is 30.9 Å². The molecule has 2 heteroatoms. The summed E-state index contributed by atoms with van der Waals surface area (Å²) in [6.07, 6.45) is 2.69. The topological polar surface area (TPSA) is 8.88 Å².